The maximum absolute atomic E-state index is 11.4. The summed E-state index contributed by atoms with van der Waals surface area (Å²) >= 11 is 0. The van der Waals surface area contributed by atoms with Crippen molar-refractivity contribution in [1.29, 1.82) is 0 Å². The van der Waals surface area contributed by atoms with Crippen LogP contribution in [0.4, 0.5) is 0 Å². The molecule has 0 spiro atoms. The van der Waals surface area contributed by atoms with Gasteiger partial charge < -0.3 is 14.2 Å². The van der Waals surface area contributed by atoms with Crippen molar-refractivity contribution in [3.8, 4) is 28.5 Å². The van der Waals surface area contributed by atoms with Gasteiger partial charge in [0.2, 0.25) is 6.79 Å². The van der Waals surface area contributed by atoms with Crippen LogP contribution in [0.3, 0.4) is 0 Å². The first kappa shape index (κ1) is 11.6. The molecule has 6 nitrogen and oxygen atoms in total. The van der Waals surface area contributed by atoms with Crippen molar-refractivity contribution in [3.05, 3.63) is 34.6 Å². The topological polar surface area (TPSA) is 62.6 Å². The second kappa shape index (κ2) is 4.31. The molecule has 1 aromatic heterocycles. The molecule has 3 rings (SSSR count). The van der Waals surface area contributed by atoms with Gasteiger partial charge in [0, 0.05) is 24.7 Å². The summed E-state index contributed by atoms with van der Waals surface area (Å²) in [6.07, 6.45) is 0. The minimum atomic E-state index is -0.163. The Kier molecular flexibility index (Phi) is 2.63. The third kappa shape index (κ3) is 1.91. The minimum absolute atomic E-state index is 0.163. The summed E-state index contributed by atoms with van der Waals surface area (Å²) in [5.74, 6) is 1.91. The first-order valence-corrected chi connectivity index (χ1v) is 5.71. The summed E-state index contributed by atoms with van der Waals surface area (Å²) in [5.41, 5.74) is 1.23. The second-order valence-corrected chi connectivity index (χ2v) is 4.09. The zero-order valence-corrected chi connectivity index (χ0v) is 10.5. The molecule has 1 aliphatic rings. The van der Waals surface area contributed by atoms with E-state index in [0.717, 1.165) is 5.56 Å². The Morgan fingerprint density at radius 3 is 2.68 bits per heavy atom. The molecule has 98 valence electrons. The van der Waals surface area contributed by atoms with Crippen molar-refractivity contribution in [1.82, 2.24) is 9.78 Å². The number of nitrogens with zero attached hydrogens (tertiary/aromatic N) is 2. The molecule has 0 amide bonds. The fourth-order valence-electron chi connectivity index (χ4n) is 1.94. The lowest BCUT2D eigenvalue weighted by atomic mass is 10.1. The molecule has 2 aromatic rings. The molecular formula is C13H12N2O4. The number of benzene rings is 1. The van der Waals surface area contributed by atoms with Gasteiger partial charge in [-0.2, -0.15) is 5.10 Å². The first-order chi connectivity index (χ1) is 9.19. The monoisotopic (exact) mass is 260 g/mol. The van der Waals surface area contributed by atoms with Crippen molar-refractivity contribution >= 4 is 0 Å². The normalized spacial score (nSPS) is 12.5. The fourth-order valence-corrected chi connectivity index (χ4v) is 1.94. The molecular weight excluding hydrogens is 248 g/mol. The van der Waals surface area contributed by atoms with E-state index in [1.54, 1.807) is 32.4 Å². The van der Waals surface area contributed by atoms with Crippen LogP contribution in [-0.4, -0.2) is 23.7 Å². The predicted molar refractivity (Wildman–Crippen MR) is 67.6 cm³/mol. The van der Waals surface area contributed by atoms with E-state index in [9.17, 15) is 4.79 Å². The van der Waals surface area contributed by atoms with Gasteiger partial charge in [0.05, 0.1) is 12.8 Å². The van der Waals surface area contributed by atoms with Crippen molar-refractivity contribution in [2.75, 3.05) is 13.9 Å². The largest absolute Gasteiger partial charge is 0.496 e. The average molecular weight is 260 g/mol. The molecule has 0 radical (unpaired) electrons. The smallest absolute Gasteiger partial charge is 0.266 e. The Labute approximate surface area is 109 Å². The third-order valence-corrected chi connectivity index (χ3v) is 2.93. The standard InChI is InChI=1S/C13H12N2O4/c1-15-13(16)4-3-9(14-15)8-5-11-12(19-7-18-11)6-10(8)17-2/h3-6H,7H2,1-2H3. The van der Waals surface area contributed by atoms with Crippen LogP contribution >= 0.6 is 0 Å². The van der Waals surface area contributed by atoms with Crippen LogP contribution in [0.5, 0.6) is 17.2 Å². The molecule has 0 aliphatic carbocycles. The van der Waals surface area contributed by atoms with E-state index in [4.69, 9.17) is 14.2 Å². The van der Waals surface area contributed by atoms with Gasteiger partial charge in [0.1, 0.15) is 5.75 Å². The van der Waals surface area contributed by atoms with Crippen LogP contribution in [0.1, 0.15) is 0 Å². The SMILES string of the molecule is COc1cc2c(cc1-c1ccc(=O)n(C)n1)OCO2. The van der Waals surface area contributed by atoms with E-state index >= 15 is 0 Å². The highest BCUT2D eigenvalue weighted by molar-refractivity contribution is 5.71. The molecule has 0 bridgehead atoms. The lowest BCUT2D eigenvalue weighted by molar-refractivity contribution is 0.174. The highest BCUT2D eigenvalue weighted by Gasteiger charge is 2.19. The van der Waals surface area contributed by atoms with Crippen LogP contribution in [-0.2, 0) is 7.05 Å². The lowest BCUT2D eigenvalue weighted by Crippen LogP contribution is -2.18. The zero-order chi connectivity index (χ0) is 13.4. The van der Waals surface area contributed by atoms with Gasteiger partial charge in [-0.1, -0.05) is 0 Å². The number of aryl methyl sites for hydroxylation is 1. The van der Waals surface area contributed by atoms with E-state index in [0.29, 0.717) is 22.9 Å². The molecule has 0 unspecified atom stereocenters. The Bertz CT molecular complexity index is 694. The molecule has 1 aromatic carbocycles. The summed E-state index contributed by atoms with van der Waals surface area (Å²) in [5, 5.41) is 4.20. The van der Waals surface area contributed by atoms with Crippen molar-refractivity contribution in [2.45, 2.75) is 0 Å². The number of fused-ring (bicyclic) bond motifs is 1. The number of aromatic nitrogens is 2. The van der Waals surface area contributed by atoms with Gasteiger partial charge in [-0.3, -0.25) is 4.79 Å². The Morgan fingerprint density at radius 1 is 1.26 bits per heavy atom. The molecule has 1 aliphatic heterocycles. The molecule has 0 fully saturated rings. The number of hydrogen-bond donors (Lipinski definition) is 0. The molecule has 0 saturated carbocycles. The Hall–Kier alpha value is -2.50. The van der Waals surface area contributed by atoms with E-state index in [2.05, 4.69) is 5.10 Å². The van der Waals surface area contributed by atoms with Gasteiger partial charge in [0.15, 0.2) is 11.5 Å². The highest BCUT2D eigenvalue weighted by atomic mass is 16.7. The average Bonchev–Trinajstić information content (AvgIpc) is 2.87. The molecule has 0 N–H and O–H groups in total. The van der Waals surface area contributed by atoms with Crippen LogP contribution in [0.25, 0.3) is 11.3 Å². The fraction of sp³-hybridized carbons (Fsp3) is 0.231. The van der Waals surface area contributed by atoms with E-state index in [1.807, 2.05) is 0 Å². The van der Waals surface area contributed by atoms with Crippen LogP contribution in [0.2, 0.25) is 0 Å². The summed E-state index contributed by atoms with van der Waals surface area (Å²) in [7, 11) is 3.17. The molecule has 2 heterocycles. The van der Waals surface area contributed by atoms with Crippen molar-refractivity contribution in [3.63, 3.8) is 0 Å². The first-order valence-electron chi connectivity index (χ1n) is 5.71. The minimum Gasteiger partial charge on any atom is -0.496 e. The second-order valence-electron chi connectivity index (χ2n) is 4.09. The van der Waals surface area contributed by atoms with Crippen LogP contribution < -0.4 is 19.8 Å². The summed E-state index contributed by atoms with van der Waals surface area (Å²) in [6, 6.07) is 6.67. The predicted octanol–water partition coefficient (Wildman–Crippen LogP) is 1.18. The van der Waals surface area contributed by atoms with E-state index < -0.39 is 0 Å². The number of hydrogen-bond acceptors (Lipinski definition) is 5. The maximum atomic E-state index is 11.4. The van der Waals surface area contributed by atoms with Gasteiger partial charge >= 0.3 is 0 Å². The van der Waals surface area contributed by atoms with Gasteiger partial charge in [-0.15, -0.1) is 0 Å². The van der Waals surface area contributed by atoms with Gasteiger partial charge in [-0.25, -0.2) is 4.68 Å². The van der Waals surface area contributed by atoms with Gasteiger partial charge in [0.25, 0.3) is 5.56 Å². The lowest BCUT2D eigenvalue weighted by Gasteiger charge is -2.09. The summed E-state index contributed by atoms with van der Waals surface area (Å²) in [4.78, 5) is 11.4. The third-order valence-electron chi connectivity index (χ3n) is 2.93. The highest BCUT2D eigenvalue weighted by Crippen LogP contribution is 2.41. The Balaban J connectivity index is 2.18. The molecule has 19 heavy (non-hydrogen) atoms. The molecule has 0 atom stereocenters. The van der Waals surface area contributed by atoms with Crippen LogP contribution in [0.15, 0.2) is 29.1 Å². The quantitative estimate of drug-likeness (QED) is 0.811. The zero-order valence-electron chi connectivity index (χ0n) is 10.5. The summed E-state index contributed by atoms with van der Waals surface area (Å²) in [6.45, 7) is 0.197. The van der Waals surface area contributed by atoms with Crippen molar-refractivity contribution < 1.29 is 14.2 Å². The number of ether oxygens (including phenoxy) is 3. The van der Waals surface area contributed by atoms with E-state index in [1.165, 1.54) is 10.7 Å². The van der Waals surface area contributed by atoms with Gasteiger partial charge in [-0.05, 0) is 12.1 Å². The Morgan fingerprint density at radius 2 is 2.00 bits per heavy atom. The maximum Gasteiger partial charge on any atom is 0.266 e. The summed E-state index contributed by atoms with van der Waals surface area (Å²) < 4.78 is 17.2. The van der Waals surface area contributed by atoms with Crippen LogP contribution in [0, 0.1) is 0 Å². The van der Waals surface area contributed by atoms with Crippen molar-refractivity contribution in [2.24, 2.45) is 7.05 Å². The molecule has 6 heteroatoms. The molecule has 0 saturated heterocycles. The van der Waals surface area contributed by atoms with E-state index in [-0.39, 0.29) is 12.4 Å². The number of rotatable bonds is 2. The number of methoxy groups -OCH3 is 1.